The van der Waals surface area contributed by atoms with Crippen molar-refractivity contribution in [1.82, 2.24) is 15.2 Å². The van der Waals surface area contributed by atoms with Crippen molar-refractivity contribution in [2.24, 2.45) is 5.73 Å². The second-order valence-electron chi connectivity index (χ2n) is 4.26. The van der Waals surface area contributed by atoms with E-state index >= 15 is 0 Å². The molecule has 0 saturated carbocycles. The summed E-state index contributed by atoms with van der Waals surface area (Å²) in [5.74, 6) is -0.614. The van der Waals surface area contributed by atoms with Crippen LogP contribution in [-0.4, -0.2) is 48.5 Å². The normalized spacial score (nSPS) is 18.8. The summed E-state index contributed by atoms with van der Waals surface area (Å²) in [6, 6.07) is 5.58. The van der Waals surface area contributed by atoms with E-state index in [1.807, 2.05) is 18.2 Å². The van der Waals surface area contributed by atoms with E-state index in [1.54, 1.807) is 6.20 Å². The molecule has 1 fully saturated rings. The molecule has 1 saturated heterocycles. The number of hydrogen-bond donors (Lipinski definition) is 2. The van der Waals surface area contributed by atoms with E-state index in [9.17, 15) is 4.79 Å². The molecule has 3 N–H and O–H groups in total. The SMILES string of the molecule is NC(=O)C(CN1CCNCC1)c1ccccn1. The van der Waals surface area contributed by atoms with Gasteiger partial charge in [-0.05, 0) is 12.1 Å². The molecule has 0 radical (unpaired) electrons. The summed E-state index contributed by atoms with van der Waals surface area (Å²) in [4.78, 5) is 18.0. The van der Waals surface area contributed by atoms with Gasteiger partial charge in [-0.3, -0.25) is 14.7 Å². The number of nitrogens with one attached hydrogen (secondary N) is 1. The summed E-state index contributed by atoms with van der Waals surface area (Å²) in [6.07, 6.45) is 1.70. The number of rotatable bonds is 4. The Labute approximate surface area is 101 Å². The molecule has 0 aliphatic carbocycles. The van der Waals surface area contributed by atoms with Crippen LogP contribution in [0.4, 0.5) is 0 Å². The maximum Gasteiger partial charge on any atom is 0.227 e. The van der Waals surface area contributed by atoms with Crippen LogP contribution < -0.4 is 11.1 Å². The minimum atomic E-state index is -0.311. The first-order chi connectivity index (χ1) is 8.27. The molecular formula is C12H18N4O. The number of carbonyl (C=O) groups excluding carboxylic acids is 1. The lowest BCUT2D eigenvalue weighted by atomic mass is 10.0. The maximum atomic E-state index is 11.5. The van der Waals surface area contributed by atoms with Crippen LogP contribution in [0.25, 0.3) is 0 Å². The molecule has 0 bridgehead atoms. The van der Waals surface area contributed by atoms with Gasteiger partial charge in [-0.25, -0.2) is 0 Å². The Hall–Kier alpha value is -1.46. The second kappa shape index (κ2) is 5.75. The third-order valence-electron chi connectivity index (χ3n) is 3.04. The first-order valence-corrected chi connectivity index (χ1v) is 5.90. The third-order valence-corrected chi connectivity index (χ3v) is 3.04. The van der Waals surface area contributed by atoms with Crippen LogP contribution in [0.2, 0.25) is 0 Å². The Bertz CT molecular complexity index is 362. The largest absolute Gasteiger partial charge is 0.369 e. The van der Waals surface area contributed by atoms with Gasteiger partial charge in [0.15, 0.2) is 0 Å². The molecule has 2 heterocycles. The van der Waals surface area contributed by atoms with Crippen molar-refractivity contribution in [3.05, 3.63) is 30.1 Å². The number of carbonyl (C=O) groups is 1. The highest BCUT2D eigenvalue weighted by Gasteiger charge is 2.23. The summed E-state index contributed by atoms with van der Waals surface area (Å²) in [6.45, 7) is 4.50. The second-order valence-corrected chi connectivity index (χ2v) is 4.26. The van der Waals surface area contributed by atoms with Crippen LogP contribution in [0.1, 0.15) is 11.6 Å². The fourth-order valence-corrected chi connectivity index (χ4v) is 2.06. The summed E-state index contributed by atoms with van der Waals surface area (Å²) in [7, 11) is 0. The molecule has 2 rings (SSSR count). The number of hydrogen-bond acceptors (Lipinski definition) is 4. The van der Waals surface area contributed by atoms with Crippen molar-refractivity contribution in [2.45, 2.75) is 5.92 Å². The van der Waals surface area contributed by atoms with E-state index < -0.39 is 0 Å². The van der Waals surface area contributed by atoms with E-state index in [4.69, 9.17) is 5.73 Å². The number of amides is 1. The maximum absolute atomic E-state index is 11.5. The van der Waals surface area contributed by atoms with Gasteiger partial charge in [-0.1, -0.05) is 6.07 Å². The smallest absolute Gasteiger partial charge is 0.227 e. The van der Waals surface area contributed by atoms with E-state index in [2.05, 4.69) is 15.2 Å². The van der Waals surface area contributed by atoms with Crippen molar-refractivity contribution >= 4 is 5.91 Å². The van der Waals surface area contributed by atoms with E-state index in [0.29, 0.717) is 6.54 Å². The minimum Gasteiger partial charge on any atom is -0.369 e. The Morgan fingerprint density at radius 1 is 1.47 bits per heavy atom. The van der Waals surface area contributed by atoms with E-state index in [1.165, 1.54) is 0 Å². The predicted molar refractivity (Wildman–Crippen MR) is 65.5 cm³/mol. The molecule has 5 nitrogen and oxygen atoms in total. The number of nitrogens with two attached hydrogens (primary N) is 1. The van der Waals surface area contributed by atoms with Gasteiger partial charge in [0.25, 0.3) is 0 Å². The highest BCUT2D eigenvalue weighted by Crippen LogP contribution is 2.14. The van der Waals surface area contributed by atoms with E-state index in [0.717, 1.165) is 31.9 Å². The summed E-state index contributed by atoms with van der Waals surface area (Å²) < 4.78 is 0. The van der Waals surface area contributed by atoms with Gasteiger partial charge in [0.05, 0.1) is 11.6 Å². The van der Waals surface area contributed by atoms with Crippen LogP contribution in [-0.2, 0) is 4.79 Å². The average Bonchev–Trinajstić information content (AvgIpc) is 2.38. The summed E-state index contributed by atoms with van der Waals surface area (Å²) >= 11 is 0. The molecule has 0 aromatic carbocycles. The van der Waals surface area contributed by atoms with Gasteiger partial charge >= 0.3 is 0 Å². The van der Waals surface area contributed by atoms with Crippen LogP contribution in [0, 0.1) is 0 Å². The van der Waals surface area contributed by atoms with E-state index in [-0.39, 0.29) is 11.8 Å². The lowest BCUT2D eigenvalue weighted by Crippen LogP contribution is -2.46. The zero-order valence-electron chi connectivity index (χ0n) is 9.80. The van der Waals surface area contributed by atoms with Gasteiger partial charge in [0.1, 0.15) is 0 Å². The number of nitrogens with zero attached hydrogens (tertiary/aromatic N) is 2. The Morgan fingerprint density at radius 3 is 2.82 bits per heavy atom. The van der Waals surface area contributed by atoms with Crippen molar-refractivity contribution in [3.63, 3.8) is 0 Å². The lowest BCUT2D eigenvalue weighted by molar-refractivity contribution is -0.120. The highest BCUT2D eigenvalue weighted by molar-refractivity contribution is 5.81. The molecule has 1 aliphatic heterocycles. The quantitative estimate of drug-likeness (QED) is 0.740. The van der Waals surface area contributed by atoms with Crippen LogP contribution >= 0.6 is 0 Å². The fourth-order valence-electron chi connectivity index (χ4n) is 2.06. The van der Waals surface area contributed by atoms with Gasteiger partial charge in [-0.15, -0.1) is 0 Å². The van der Waals surface area contributed by atoms with Crippen molar-refractivity contribution < 1.29 is 4.79 Å². The topological polar surface area (TPSA) is 71.2 Å². The molecule has 1 unspecified atom stereocenters. The summed E-state index contributed by atoms with van der Waals surface area (Å²) in [5.41, 5.74) is 6.23. The molecule has 17 heavy (non-hydrogen) atoms. The molecule has 0 spiro atoms. The van der Waals surface area contributed by atoms with Crippen LogP contribution in [0.5, 0.6) is 0 Å². The Balaban J connectivity index is 2.05. The number of aromatic nitrogens is 1. The standard InChI is InChI=1S/C12H18N4O/c13-12(17)10(11-3-1-2-4-15-11)9-16-7-5-14-6-8-16/h1-4,10,14H,5-9H2,(H2,13,17). The predicted octanol–water partition coefficient (Wildman–Crippen LogP) is -0.444. The number of piperazine rings is 1. The van der Waals surface area contributed by atoms with Crippen molar-refractivity contribution in [2.75, 3.05) is 32.7 Å². The Kier molecular flexibility index (Phi) is 4.06. The number of pyridine rings is 1. The molecule has 1 aliphatic rings. The lowest BCUT2D eigenvalue weighted by Gasteiger charge is -2.29. The fraction of sp³-hybridized carbons (Fsp3) is 0.500. The van der Waals surface area contributed by atoms with Gasteiger partial charge in [-0.2, -0.15) is 0 Å². The minimum absolute atomic E-state index is 0.303. The zero-order valence-corrected chi connectivity index (χ0v) is 9.80. The first-order valence-electron chi connectivity index (χ1n) is 5.90. The first kappa shape index (κ1) is 12.0. The van der Waals surface area contributed by atoms with Crippen LogP contribution in [0.3, 0.4) is 0 Å². The van der Waals surface area contributed by atoms with Gasteiger partial charge < -0.3 is 11.1 Å². The molecule has 1 aromatic heterocycles. The number of primary amides is 1. The molecular weight excluding hydrogens is 216 g/mol. The molecule has 92 valence electrons. The Morgan fingerprint density at radius 2 is 2.24 bits per heavy atom. The third kappa shape index (κ3) is 3.25. The van der Waals surface area contributed by atoms with Gasteiger partial charge in [0, 0.05) is 38.9 Å². The monoisotopic (exact) mass is 234 g/mol. The highest BCUT2D eigenvalue weighted by atomic mass is 16.1. The van der Waals surface area contributed by atoms with Crippen molar-refractivity contribution in [3.8, 4) is 0 Å². The van der Waals surface area contributed by atoms with Gasteiger partial charge in [0.2, 0.25) is 5.91 Å². The molecule has 1 amide bonds. The molecule has 1 atom stereocenters. The average molecular weight is 234 g/mol. The summed E-state index contributed by atoms with van der Waals surface area (Å²) in [5, 5.41) is 3.28. The van der Waals surface area contributed by atoms with Crippen LogP contribution in [0.15, 0.2) is 24.4 Å². The molecule has 5 heteroatoms. The van der Waals surface area contributed by atoms with Crippen molar-refractivity contribution in [1.29, 1.82) is 0 Å². The zero-order chi connectivity index (χ0) is 12.1. The molecule has 1 aromatic rings.